The molecule has 1 atom stereocenters. The van der Waals surface area contributed by atoms with Crippen molar-refractivity contribution >= 4 is 5.91 Å². The highest BCUT2D eigenvalue weighted by molar-refractivity contribution is 5.94. The number of rotatable bonds is 5. The molecule has 1 fully saturated rings. The van der Waals surface area contributed by atoms with Crippen LogP contribution in [0.15, 0.2) is 24.3 Å². The molecule has 4 nitrogen and oxygen atoms in total. The van der Waals surface area contributed by atoms with E-state index in [2.05, 4.69) is 6.92 Å². The lowest BCUT2D eigenvalue weighted by molar-refractivity contribution is 0.0677. The molecule has 1 N–H and O–H groups in total. The molecule has 1 aliphatic heterocycles. The lowest BCUT2D eigenvalue weighted by Crippen LogP contribution is -2.37. The molecular formula is C15H21NO3. The van der Waals surface area contributed by atoms with Gasteiger partial charge >= 0.3 is 0 Å². The fourth-order valence-corrected chi connectivity index (χ4v) is 2.37. The van der Waals surface area contributed by atoms with E-state index < -0.39 is 0 Å². The molecule has 0 bridgehead atoms. The maximum Gasteiger partial charge on any atom is 0.254 e. The molecule has 0 radical (unpaired) electrons. The van der Waals surface area contributed by atoms with Crippen molar-refractivity contribution in [1.29, 1.82) is 0 Å². The minimum absolute atomic E-state index is 0.00130. The van der Waals surface area contributed by atoms with Crippen LogP contribution in [0.4, 0.5) is 0 Å². The van der Waals surface area contributed by atoms with Gasteiger partial charge in [-0.15, -0.1) is 0 Å². The summed E-state index contributed by atoms with van der Waals surface area (Å²) in [5, 5.41) is 9.26. The van der Waals surface area contributed by atoms with Gasteiger partial charge in [0.1, 0.15) is 5.75 Å². The van der Waals surface area contributed by atoms with Gasteiger partial charge in [-0.3, -0.25) is 4.79 Å². The summed E-state index contributed by atoms with van der Waals surface area (Å²) in [5.41, 5.74) is 0.657. The van der Waals surface area contributed by atoms with Crippen molar-refractivity contribution < 1.29 is 14.6 Å². The second kappa shape index (κ2) is 6.57. The normalized spacial score (nSPS) is 18.6. The Morgan fingerprint density at radius 3 is 2.79 bits per heavy atom. The number of amides is 1. The molecule has 0 aromatic heterocycles. The molecule has 4 heteroatoms. The number of nitrogens with zero attached hydrogens (tertiary/aromatic N) is 1. The second-order valence-electron chi connectivity index (χ2n) is 4.85. The van der Waals surface area contributed by atoms with Gasteiger partial charge in [-0.1, -0.05) is 6.92 Å². The molecule has 0 spiro atoms. The first-order valence-electron chi connectivity index (χ1n) is 6.91. The minimum Gasteiger partial charge on any atom is -0.494 e. The van der Waals surface area contributed by atoms with Gasteiger partial charge in [0.25, 0.3) is 5.91 Å². The highest BCUT2D eigenvalue weighted by Crippen LogP contribution is 2.21. The van der Waals surface area contributed by atoms with Gasteiger partial charge in [-0.25, -0.2) is 0 Å². The first-order valence-corrected chi connectivity index (χ1v) is 6.91. The van der Waals surface area contributed by atoms with Crippen molar-refractivity contribution in [3.8, 4) is 5.75 Å². The van der Waals surface area contributed by atoms with E-state index in [0.717, 1.165) is 31.6 Å². The smallest absolute Gasteiger partial charge is 0.254 e. The summed E-state index contributed by atoms with van der Waals surface area (Å²) in [6.07, 6.45) is 2.82. The molecule has 19 heavy (non-hydrogen) atoms. The average Bonchev–Trinajstić information content (AvgIpc) is 2.93. The van der Waals surface area contributed by atoms with E-state index in [-0.39, 0.29) is 18.6 Å². The van der Waals surface area contributed by atoms with E-state index in [9.17, 15) is 9.90 Å². The van der Waals surface area contributed by atoms with Crippen molar-refractivity contribution in [2.75, 3.05) is 19.8 Å². The maximum atomic E-state index is 12.3. The predicted octanol–water partition coefficient (Wildman–Crippen LogP) is 2.07. The zero-order chi connectivity index (χ0) is 13.7. The molecule has 1 aromatic rings. The molecule has 2 rings (SSSR count). The Labute approximate surface area is 114 Å². The summed E-state index contributed by atoms with van der Waals surface area (Å²) in [4.78, 5) is 14.1. The minimum atomic E-state index is -0.0245. The summed E-state index contributed by atoms with van der Waals surface area (Å²) < 4.78 is 5.49. The van der Waals surface area contributed by atoms with Crippen LogP contribution < -0.4 is 4.74 Å². The highest BCUT2D eigenvalue weighted by atomic mass is 16.5. The van der Waals surface area contributed by atoms with Crippen LogP contribution in [0.1, 0.15) is 36.5 Å². The van der Waals surface area contributed by atoms with Crippen LogP contribution >= 0.6 is 0 Å². The third-order valence-electron chi connectivity index (χ3n) is 3.42. The van der Waals surface area contributed by atoms with Crippen LogP contribution in [-0.2, 0) is 0 Å². The summed E-state index contributed by atoms with van der Waals surface area (Å²) in [7, 11) is 0. The molecular weight excluding hydrogens is 242 g/mol. The Morgan fingerprint density at radius 2 is 2.16 bits per heavy atom. The van der Waals surface area contributed by atoms with Gasteiger partial charge in [-0.2, -0.15) is 0 Å². The molecule has 1 amide bonds. The summed E-state index contributed by atoms with van der Waals surface area (Å²) in [6.45, 7) is 3.52. The molecule has 1 heterocycles. The van der Waals surface area contributed by atoms with Crippen LogP contribution in [0.3, 0.4) is 0 Å². The zero-order valence-electron chi connectivity index (χ0n) is 11.3. The lowest BCUT2D eigenvalue weighted by atomic mass is 10.1. The molecule has 0 unspecified atom stereocenters. The Balaban J connectivity index is 2.03. The van der Waals surface area contributed by atoms with Gasteiger partial charge in [0.2, 0.25) is 0 Å². The summed E-state index contributed by atoms with van der Waals surface area (Å²) in [5.74, 6) is 0.789. The Morgan fingerprint density at radius 1 is 1.42 bits per heavy atom. The van der Waals surface area contributed by atoms with E-state index in [0.29, 0.717) is 12.2 Å². The lowest BCUT2D eigenvalue weighted by Gasteiger charge is -2.23. The fraction of sp³-hybridized carbons (Fsp3) is 0.533. The monoisotopic (exact) mass is 263 g/mol. The second-order valence-corrected chi connectivity index (χ2v) is 4.85. The average molecular weight is 263 g/mol. The molecule has 1 aliphatic rings. The van der Waals surface area contributed by atoms with Crippen LogP contribution in [0.25, 0.3) is 0 Å². The Kier molecular flexibility index (Phi) is 4.80. The Hall–Kier alpha value is -1.55. The van der Waals surface area contributed by atoms with Crippen molar-refractivity contribution in [2.45, 2.75) is 32.2 Å². The highest BCUT2D eigenvalue weighted by Gasteiger charge is 2.28. The van der Waals surface area contributed by atoms with Crippen molar-refractivity contribution in [3.63, 3.8) is 0 Å². The molecule has 0 saturated carbocycles. The molecule has 0 aliphatic carbocycles. The van der Waals surface area contributed by atoms with E-state index in [1.807, 2.05) is 12.1 Å². The van der Waals surface area contributed by atoms with Gasteiger partial charge in [0.05, 0.1) is 19.3 Å². The fourth-order valence-electron chi connectivity index (χ4n) is 2.37. The number of aliphatic hydroxyl groups is 1. The van der Waals surface area contributed by atoms with Crippen LogP contribution in [0.2, 0.25) is 0 Å². The first kappa shape index (κ1) is 13.9. The van der Waals surface area contributed by atoms with Crippen molar-refractivity contribution in [3.05, 3.63) is 29.8 Å². The molecule has 1 saturated heterocycles. The number of likely N-dealkylation sites (tertiary alicyclic amines) is 1. The van der Waals surface area contributed by atoms with Crippen LogP contribution in [-0.4, -0.2) is 41.7 Å². The SMILES string of the molecule is CCCOc1ccc(C(=O)N2CCC[C@H]2CO)cc1. The summed E-state index contributed by atoms with van der Waals surface area (Å²) in [6, 6.07) is 7.21. The van der Waals surface area contributed by atoms with Crippen LogP contribution in [0, 0.1) is 0 Å². The third-order valence-corrected chi connectivity index (χ3v) is 3.42. The quantitative estimate of drug-likeness (QED) is 0.884. The Bertz CT molecular complexity index is 416. The first-order chi connectivity index (χ1) is 9.26. The maximum absolute atomic E-state index is 12.3. The van der Waals surface area contributed by atoms with E-state index >= 15 is 0 Å². The topological polar surface area (TPSA) is 49.8 Å². The van der Waals surface area contributed by atoms with Gasteiger partial charge < -0.3 is 14.7 Å². The standard InChI is InChI=1S/C15H21NO3/c1-2-10-19-14-7-5-12(6-8-14)15(18)16-9-3-4-13(16)11-17/h5-8,13,17H,2-4,9-11H2,1H3/t13-/m0/s1. The number of benzene rings is 1. The zero-order valence-corrected chi connectivity index (χ0v) is 11.3. The van der Waals surface area contributed by atoms with Gasteiger partial charge in [0, 0.05) is 12.1 Å². The number of carbonyl (C=O) groups is 1. The van der Waals surface area contributed by atoms with Crippen molar-refractivity contribution in [2.24, 2.45) is 0 Å². The molecule has 104 valence electrons. The molecule has 1 aromatic carbocycles. The largest absolute Gasteiger partial charge is 0.494 e. The number of ether oxygens (including phenoxy) is 1. The summed E-state index contributed by atoms with van der Waals surface area (Å²) >= 11 is 0. The number of hydrogen-bond acceptors (Lipinski definition) is 3. The van der Waals surface area contributed by atoms with E-state index in [1.54, 1.807) is 17.0 Å². The van der Waals surface area contributed by atoms with Gasteiger partial charge in [0.15, 0.2) is 0 Å². The van der Waals surface area contributed by atoms with Gasteiger partial charge in [-0.05, 0) is 43.5 Å². The predicted molar refractivity (Wildman–Crippen MR) is 73.4 cm³/mol. The van der Waals surface area contributed by atoms with E-state index in [1.165, 1.54) is 0 Å². The third kappa shape index (κ3) is 3.26. The number of hydrogen-bond donors (Lipinski definition) is 1. The number of aliphatic hydroxyl groups excluding tert-OH is 1. The number of carbonyl (C=O) groups excluding carboxylic acids is 1. The van der Waals surface area contributed by atoms with Crippen LogP contribution in [0.5, 0.6) is 5.75 Å². The van der Waals surface area contributed by atoms with Crippen molar-refractivity contribution in [1.82, 2.24) is 4.90 Å². The van der Waals surface area contributed by atoms with E-state index in [4.69, 9.17) is 4.74 Å².